The Morgan fingerprint density at radius 2 is 1.84 bits per heavy atom. The van der Waals surface area contributed by atoms with Crippen molar-refractivity contribution in [2.24, 2.45) is 0 Å². The number of esters is 1. The molecule has 198 valence electrons. The fourth-order valence-corrected chi connectivity index (χ4v) is 5.31. The number of carbonyl (C=O) groups is 3. The molecule has 1 aromatic heterocycles. The topological polar surface area (TPSA) is 106 Å². The molecule has 1 saturated heterocycles. The van der Waals surface area contributed by atoms with Crippen LogP contribution in [0.4, 0.5) is 5.13 Å². The average Bonchev–Trinajstić information content (AvgIpc) is 3.37. The third-order valence-corrected chi connectivity index (χ3v) is 7.28. The summed E-state index contributed by atoms with van der Waals surface area (Å²) in [6, 6.07) is 10.7. The molecule has 1 N–H and O–H groups in total. The number of hydrogen-bond acceptors (Lipinski definition) is 8. The molecule has 38 heavy (non-hydrogen) atoms. The molecule has 1 aliphatic rings. The summed E-state index contributed by atoms with van der Waals surface area (Å²) in [4.78, 5) is 45.1. The molecule has 0 saturated carbocycles. The van der Waals surface area contributed by atoms with E-state index in [0.717, 1.165) is 16.9 Å². The van der Waals surface area contributed by atoms with Crippen LogP contribution >= 0.6 is 22.9 Å². The number of aliphatic hydroxyl groups excluding tert-OH is 1. The van der Waals surface area contributed by atoms with Gasteiger partial charge in [0.15, 0.2) is 5.13 Å². The Kier molecular flexibility index (Phi) is 7.89. The first-order valence-electron chi connectivity index (χ1n) is 12.0. The number of anilines is 1. The normalized spacial score (nSPS) is 16.8. The minimum atomic E-state index is -1.00. The standard InChI is InChI=1S/C28H27ClN2O6S/c1-6-36-27(35)25-16(5)30-28(38-25)31-22(17-7-10-19(29)11-8-17)21(24(33)26(31)34)23(32)18-9-12-20(15(4)13-18)37-14(2)3/h7-14,22,32H,6H2,1-5H3/t22-/m1/s1. The molecule has 0 aliphatic carbocycles. The lowest BCUT2D eigenvalue weighted by Crippen LogP contribution is -2.29. The number of thiazole rings is 1. The van der Waals surface area contributed by atoms with E-state index in [9.17, 15) is 19.5 Å². The number of nitrogens with zero attached hydrogens (tertiary/aromatic N) is 2. The fourth-order valence-electron chi connectivity index (χ4n) is 4.20. The number of ketones is 1. The fraction of sp³-hybridized carbons (Fsp3) is 0.286. The Balaban J connectivity index is 1.88. The van der Waals surface area contributed by atoms with Gasteiger partial charge in [0.05, 0.1) is 30.0 Å². The number of aliphatic hydroxyl groups is 1. The first-order valence-corrected chi connectivity index (χ1v) is 13.2. The molecule has 10 heteroatoms. The van der Waals surface area contributed by atoms with Crippen molar-refractivity contribution in [2.75, 3.05) is 11.5 Å². The summed E-state index contributed by atoms with van der Waals surface area (Å²) < 4.78 is 10.9. The van der Waals surface area contributed by atoms with Crippen molar-refractivity contribution in [1.29, 1.82) is 0 Å². The van der Waals surface area contributed by atoms with Gasteiger partial charge in [0, 0.05) is 10.6 Å². The maximum Gasteiger partial charge on any atom is 0.350 e. The highest BCUT2D eigenvalue weighted by molar-refractivity contribution is 7.17. The second-order valence-corrected chi connectivity index (χ2v) is 10.4. The van der Waals surface area contributed by atoms with Gasteiger partial charge in [0.1, 0.15) is 16.4 Å². The second kappa shape index (κ2) is 11.0. The Morgan fingerprint density at radius 1 is 1.16 bits per heavy atom. The van der Waals surface area contributed by atoms with Gasteiger partial charge in [-0.25, -0.2) is 9.78 Å². The van der Waals surface area contributed by atoms with Crippen LogP contribution < -0.4 is 9.64 Å². The van der Waals surface area contributed by atoms with E-state index in [1.165, 1.54) is 4.90 Å². The van der Waals surface area contributed by atoms with Crippen LogP contribution in [0.25, 0.3) is 5.76 Å². The highest BCUT2D eigenvalue weighted by Crippen LogP contribution is 2.44. The van der Waals surface area contributed by atoms with Gasteiger partial charge in [0.25, 0.3) is 5.78 Å². The molecule has 4 rings (SSSR count). The zero-order chi connectivity index (χ0) is 27.7. The van der Waals surface area contributed by atoms with Gasteiger partial charge in [-0.15, -0.1) is 0 Å². The van der Waals surface area contributed by atoms with E-state index in [2.05, 4.69) is 4.98 Å². The Bertz CT molecular complexity index is 1440. The number of hydrogen-bond donors (Lipinski definition) is 1. The van der Waals surface area contributed by atoms with E-state index in [1.807, 2.05) is 20.8 Å². The second-order valence-electron chi connectivity index (χ2n) is 9.00. The van der Waals surface area contributed by atoms with Gasteiger partial charge < -0.3 is 14.6 Å². The van der Waals surface area contributed by atoms with Crippen molar-refractivity contribution in [3.8, 4) is 5.75 Å². The van der Waals surface area contributed by atoms with E-state index in [0.29, 0.717) is 27.6 Å². The number of rotatable bonds is 7. The molecule has 1 aliphatic heterocycles. The zero-order valence-corrected chi connectivity index (χ0v) is 23.1. The van der Waals surface area contributed by atoms with Gasteiger partial charge in [-0.05, 0) is 76.1 Å². The SMILES string of the molecule is CCOC(=O)c1sc(N2C(=O)C(=O)C(=C(O)c3ccc(OC(C)C)c(C)c3)[C@H]2c2ccc(Cl)cc2)nc1C. The first-order chi connectivity index (χ1) is 18.0. The summed E-state index contributed by atoms with van der Waals surface area (Å²) in [5, 5.41) is 12.0. The monoisotopic (exact) mass is 554 g/mol. The Labute approximate surface area is 229 Å². The summed E-state index contributed by atoms with van der Waals surface area (Å²) in [6.45, 7) is 9.16. The number of benzene rings is 2. The van der Waals surface area contributed by atoms with Crippen molar-refractivity contribution in [3.05, 3.63) is 80.3 Å². The third kappa shape index (κ3) is 5.16. The summed E-state index contributed by atoms with van der Waals surface area (Å²) in [5.74, 6) is -1.98. The number of ether oxygens (including phenoxy) is 2. The quantitative estimate of drug-likeness (QED) is 0.165. The predicted molar refractivity (Wildman–Crippen MR) is 146 cm³/mol. The van der Waals surface area contributed by atoms with Crippen LogP contribution in [0.15, 0.2) is 48.0 Å². The van der Waals surface area contributed by atoms with Crippen molar-refractivity contribution < 1.29 is 29.0 Å². The Morgan fingerprint density at radius 3 is 2.45 bits per heavy atom. The summed E-state index contributed by atoms with van der Waals surface area (Å²) in [7, 11) is 0. The number of carbonyl (C=O) groups excluding carboxylic acids is 3. The molecule has 1 fully saturated rings. The van der Waals surface area contributed by atoms with Gasteiger partial charge in [-0.3, -0.25) is 14.5 Å². The van der Waals surface area contributed by atoms with Crippen LogP contribution in [0.5, 0.6) is 5.75 Å². The molecule has 0 unspecified atom stereocenters. The third-order valence-electron chi connectivity index (χ3n) is 5.89. The van der Waals surface area contributed by atoms with Gasteiger partial charge in [-0.2, -0.15) is 0 Å². The lowest BCUT2D eigenvalue weighted by atomic mass is 9.95. The smallest absolute Gasteiger partial charge is 0.350 e. The van der Waals surface area contributed by atoms with Crippen molar-refractivity contribution in [3.63, 3.8) is 0 Å². The number of halogens is 1. The lowest BCUT2D eigenvalue weighted by molar-refractivity contribution is -0.132. The highest BCUT2D eigenvalue weighted by Gasteiger charge is 2.48. The maximum atomic E-state index is 13.4. The van der Waals surface area contributed by atoms with Crippen LogP contribution in [0, 0.1) is 13.8 Å². The van der Waals surface area contributed by atoms with Crippen LogP contribution in [0.3, 0.4) is 0 Å². The minimum absolute atomic E-state index is 0.0374. The molecular weight excluding hydrogens is 528 g/mol. The minimum Gasteiger partial charge on any atom is -0.507 e. The summed E-state index contributed by atoms with van der Waals surface area (Å²) in [5.41, 5.74) is 1.93. The maximum absolute atomic E-state index is 13.4. The van der Waals surface area contributed by atoms with E-state index < -0.39 is 23.7 Å². The van der Waals surface area contributed by atoms with E-state index in [-0.39, 0.29) is 34.1 Å². The molecule has 1 atom stereocenters. The van der Waals surface area contributed by atoms with Gasteiger partial charge in [0.2, 0.25) is 0 Å². The van der Waals surface area contributed by atoms with Crippen LogP contribution in [-0.4, -0.2) is 40.5 Å². The largest absolute Gasteiger partial charge is 0.507 e. The van der Waals surface area contributed by atoms with Crippen LogP contribution in [0.2, 0.25) is 5.02 Å². The number of aromatic nitrogens is 1. The van der Waals surface area contributed by atoms with E-state index >= 15 is 0 Å². The lowest BCUT2D eigenvalue weighted by Gasteiger charge is -2.23. The van der Waals surface area contributed by atoms with Crippen molar-refractivity contribution in [2.45, 2.75) is 46.8 Å². The number of Topliss-reactive ketones (excluding diaryl/α,β-unsaturated/α-hetero) is 1. The summed E-state index contributed by atoms with van der Waals surface area (Å²) in [6.07, 6.45) is -0.0374. The molecule has 8 nitrogen and oxygen atoms in total. The summed E-state index contributed by atoms with van der Waals surface area (Å²) >= 11 is 7.05. The molecule has 2 aromatic carbocycles. The molecule has 2 heterocycles. The molecule has 1 amide bonds. The Hall–Kier alpha value is -3.69. The van der Waals surface area contributed by atoms with Crippen molar-refractivity contribution >= 4 is 51.5 Å². The van der Waals surface area contributed by atoms with Crippen LogP contribution in [0.1, 0.15) is 58.9 Å². The van der Waals surface area contributed by atoms with Crippen molar-refractivity contribution in [1.82, 2.24) is 4.98 Å². The molecule has 0 bridgehead atoms. The molecule has 0 radical (unpaired) electrons. The highest BCUT2D eigenvalue weighted by atomic mass is 35.5. The van der Waals surface area contributed by atoms with Gasteiger partial charge >= 0.3 is 11.9 Å². The molecule has 0 spiro atoms. The van der Waals surface area contributed by atoms with Gasteiger partial charge in [-0.1, -0.05) is 35.1 Å². The number of amides is 1. The van der Waals surface area contributed by atoms with Crippen LogP contribution in [-0.2, 0) is 14.3 Å². The van der Waals surface area contributed by atoms with E-state index in [4.69, 9.17) is 21.1 Å². The molecular formula is C28H27ClN2O6S. The zero-order valence-electron chi connectivity index (χ0n) is 21.6. The number of aryl methyl sites for hydroxylation is 2. The van der Waals surface area contributed by atoms with E-state index in [1.54, 1.807) is 56.3 Å². The predicted octanol–water partition coefficient (Wildman–Crippen LogP) is 6.00. The first kappa shape index (κ1) is 27.3. The molecule has 3 aromatic rings. The average molecular weight is 555 g/mol.